The molecule has 4 aromatic rings. The molecule has 1 atom stereocenters. The van der Waals surface area contributed by atoms with Gasteiger partial charge >= 0.3 is 6.36 Å². The van der Waals surface area contributed by atoms with E-state index < -0.39 is 6.36 Å². The topological polar surface area (TPSA) is 70.6 Å². The Labute approximate surface area is 209 Å². The minimum atomic E-state index is -4.74. The average molecular weight is 516 g/mol. The van der Waals surface area contributed by atoms with E-state index >= 15 is 0 Å². The van der Waals surface area contributed by atoms with E-state index in [0.29, 0.717) is 24.6 Å². The van der Waals surface area contributed by atoms with Crippen LogP contribution in [-0.4, -0.2) is 60.4 Å². The molecule has 1 saturated heterocycles. The number of alkyl halides is 3. The maximum Gasteiger partial charge on any atom is 0.573 e. The molecule has 0 aliphatic carbocycles. The number of aromatic nitrogens is 2. The molecule has 1 N–H and O–H groups in total. The smallest absolute Gasteiger partial charge is 0.406 e. The molecule has 7 nitrogen and oxygen atoms in total. The van der Waals surface area contributed by atoms with Crippen molar-refractivity contribution < 1.29 is 22.7 Å². The first-order valence-electron chi connectivity index (χ1n) is 11.4. The lowest BCUT2D eigenvalue weighted by molar-refractivity contribution is -0.274. The fraction of sp³-hybridized carbons (Fsp3) is 0.320. The van der Waals surface area contributed by atoms with E-state index in [9.17, 15) is 18.0 Å². The molecule has 0 saturated carbocycles. The highest BCUT2D eigenvalue weighted by molar-refractivity contribution is 7.26. The summed E-state index contributed by atoms with van der Waals surface area (Å²) in [6.07, 6.45) is -3.90. The third-order valence-electron chi connectivity index (χ3n) is 6.01. The number of halogens is 3. The highest BCUT2D eigenvalue weighted by atomic mass is 32.1. The number of nitrogens with one attached hydrogen (secondary N) is 1. The first kappa shape index (κ1) is 24.1. The Kier molecular flexibility index (Phi) is 6.33. The number of hydrogen-bond acceptors (Lipinski definition) is 7. The maximum atomic E-state index is 12.8. The summed E-state index contributed by atoms with van der Waals surface area (Å²) >= 11 is 1.67. The van der Waals surface area contributed by atoms with Gasteiger partial charge in [0, 0.05) is 43.3 Å². The van der Waals surface area contributed by atoms with Crippen molar-refractivity contribution in [1.82, 2.24) is 14.9 Å². The van der Waals surface area contributed by atoms with Crippen molar-refractivity contribution in [3.63, 3.8) is 0 Å². The van der Waals surface area contributed by atoms with Crippen molar-refractivity contribution in [2.24, 2.45) is 0 Å². The number of rotatable bonds is 6. The van der Waals surface area contributed by atoms with E-state index in [1.807, 2.05) is 31.1 Å². The van der Waals surface area contributed by atoms with Crippen LogP contribution in [0.25, 0.3) is 20.3 Å². The second-order valence-corrected chi connectivity index (χ2v) is 9.93. The average Bonchev–Trinajstić information content (AvgIpc) is 3.44. The third-order valence-corrected chi connectivity index (χ3v) is 7.17. The summed E-state index contributed by atoms with van der Waals surface area (Å²) in [6.45, 7) is 1.08. The quantitative estimate of drug-likeness (QED) is 0.387. The van der Waals surface area contributed by atoms with Gasteiger partial charge in [-0.25, -0.2) is 4.98 Å². The number of benzene rings is 2. The van der Waals surface area contributed by atoms with Gasteiger partial charge in [0.15, 0.2) is 5.82 Å². The molecule has 3 heterocycles. The Hall–Kier alpha value is -3.60. The van der Waals surface area contributed by atoms with Crippen LogP contribution >= 0.6 is 11.3 Å². The van der Waals surface area contributed by atoms with Crippen LogP contribution in [0.1, 0.15) is 12.0 Å². The maximum absolute atomic E-state index is 12.8. The van der Waals surface area contributed by atoms with Gasteiger partial charge < -0.3 is 19.9 Å². The third kappa shape index (κ3) is 5.15. The van der Waals surface area contributed by atoms with Gasteiger partial charge in [0.05, 0.1) is 16.6 Å². The van der Waals surface area contributed by atoms with Gasteiger partial charge in [0.25, 0.3) is 0 Å². The van der Waals surface area contributed by atoms with Gasteiger partial charge in [0.1, 0.15) is 5.75 Å². The molecule has 0 unspecified atom stereocenters. The van der Waals surface area contributed by atoms with E-state index in [2.05, 4.69) is 22.2 Å². The number of carbonyl (C=O) groups excluding carboxylic acids is 1. The largest absolute Gasteiger partial charge is 0.573 e. The van der Waals surface area contributed by atoms with Crippen LogP contribution in [0.2, 0.25) is 0 Å². The number of ether oxygens (including phenoxy) is 1. The standard InChI is InChI=1S/C25H24F3N5O2S/c1-32(2)23-22-21(18-5-3-4-6-19(18)36-22)30-24(31-23)29-16-11-12-33(14-16)20(34)13-15-7-9-17(10-8-15)35-25(26,27)28/h3-10,16H,11-14H2,1-2H3,(H,29,30,31)/t16-/m0/s1. The van der Waals surface area contributed by atoms with E-state index in [1.54, 1.807) is 16.2 Å². The zero-order valence-electron chi connectivity index (χ0n) is 19.7. The number of hydrogen-bond donors (Lipinski definition) is 1. The zero-order valence-corrected chi connectivity index (χ0v) is 20.5. The Balaban J connectivity index is 1.26. The normalized spacial score (nSPS) is 16.0. The molecule has 1 amide bonds. The summed E-state index contributed by atoms with van der Waals surface area (Å²) in [5.41, 5.74) is 1.53. The van der Waals surface area contributed by atoms with Crippen LogP contribution in [0, 0.1) is 0 Å². The van der Waals surface area contributed by atoms with E-state index in [0.717, 1.165) is 32.5 Å². The number of anilines is 2. The fourth-order valence-corrected chi connectivity index (χ4v) is 5.54. The number of amides is 1. The summed E-state index contributed by atoms with van der Waals surface area (Å²) < 4.78 is 43.1. The summed E-state index contributed by atoms with van der Waals surface area (Å²) in [6, 6.07) is 13.5. The van der Waals surface area contributed by atoms with Crippen LogP contribution in [0.3, 0.4) is 0 Å². The lowest BCUT2D eigenvalue weighted by atomic mass is 10.1. The lowest BCUT2D eigenvalue weighted by Crippen LogP contribution is -2.33. The van der Waals surface area contributed by atoms with E-state index in [1.165, 1.54) is 24.3 Å². The van der Waals surface area contributed by atoms with Crippen molar-refractivity contribution in [2.75, 3.05) is 37.4 Å². The monoisotopic (exact) mass is 515 g/mol. The van der Waals surface area contributed by atoms with Crippen LogP contribution in [0.4, 0.5) is 24.9 Å². The van der Waals surface area contributed by atoms with Crippen molar-refractivity contribution in [1.29, 1.82) is 0 Å². The Bertz CT molecular complexity index is 1400. The molecule has 1 aliphatic heterocycles. The van der Waals surface area contributed by atoms with Crippen LogP contribution < -0.4 is 15.0 Å². The first-order chi connectivity index (χ1) is 17.2. The van der Waals surface area contributed by atoms with Crippen molar-refractivity contribution in [2.45, 2.75) is 25.2 Å². The van der Waals surface area contributed by atoms with Crippen molar-refractivity contribution >= 4 is 49.3 Å². The molecule has 1 aliphatic rings. The predicted octanol–water partition coefficient (Wildman–Crippen LogP) is 5.06. The zero-order chi connectivity index (χ0) is 25.4. The fourth-order valence-electron chi connectivity index (χ4n) is 4.33. The number of likely N-dealkylation sites (tertiary alicyclic amines) is 1. The second kappa shape index (κ2) is 9.45. The van der Waals surface area contributed by atoms with Crippen molar-refractivity contribution in [3.8, 4) is 5.75 Å². The number of nitrogens with zero attached hydrogens (tertiary/aromatic N) is 4. The highest BCUT2D eigenvalue weighted by Crippen LogP contribution is 2.38. The molecule has 5 rings (SSSR count). The summed E-state index contributed by atoms with van der Waals surface area (Å²) in [4.78, 5) is 26.1. The molecular formula is C25H24F3N5O2S. The van der Waals surface area contributed by atoms with E-state index in [-0.39, 0.29) is 24.1 Å². The number of thiophene rings is 1. The lowest BCUT2D eigenvalue weighted by Gasteiger charge is -2.18. The SMILES string of the molecule is CN(C)c1nc(N[C@H]2CCN(C(=O)Cc3ccc(OC(F)(F)F)cc3)C2)nc2c1sc1ccccc12. The summed E-state index contributed by atoms with van der Waals surface area (Å²) in [5, 5.41) is 4.48. The molecule has 188 valence electrons. The Morgan fingerprint density at radius 2 is 1.92 bits per heavy atom. The van der Waals surface area contributed by atoms with Crippen LogP contribution in [0.15, 0.2) is 48.5 Å². The molecule has 2 aromatic heterocycles. The first-order valence-corrected chi connectivity index (χ1v) is 12.2. The molecule has 0 radical (unpaired) electrons. The summed E-state index contributed by atoms with van der Waals surface area (Å²) in [7, 11) is 3.90. The minimum Gasteiger partial charge on any atom is -0.406 e. The molecule has 1 fully saturated rings. The van der Waals surface area contributed by atoms with Gasteiger partial charge in [-0.1, -0.05) is 30.3 Å². The number of fused-ring (bicyclic) bond motifs is 3. The molecule has 36 heavy (non-hydrogen) atoms. The van der Waals surface area contributed by atoms with Crippen LogP contribution in [0.5, 0.6) is 5.75 Å². The molecule has 0 bridgehead atoms. The molecular weight excluding hydrogens is 491 g/mol. The van der Waals surface area contributed by atoms with Gasteiger partial charge in [-0.15, -0.1) is 24.5 Å². The Morgan fingerprint density at radius 3 is 2.64 bits per heavy atom. The predicted molar refractivity (Wildman–Crippen MR) is 135 cm³/mol. The van der Waals surface area contributed by atoms with Gasteiger partial charge in [-0.05, 0) is 30.2 Å². The molecule has 2 aromatic carbocycles. The minimum absolute atomic E-state index is 0.00567. The van der Waals surface area contributed by atoms with Crippen LogP contribution in [-0.2, 0) is 11.2 Å². The molecule has 11 heteroatoms. The van der Waals surface area contributed by atoms with Gasteiger partial charge in [0.2, 0.25) is 11.9 Å². The summed E-state index contributed by atoms with van der Waals surface area (Å²) in [5.74, 6) is 0.969. The van der Waals surface area contributed by atoms with Gasteiger partial charge in [-0.3, -0.25) is 4.79 Å². The highest BCUT2D eigenvalue weighted by Gasteiger charge is 2.31. The van der Waals surface area contributed by atoms with Crippen molar-refractivity contribution in [3.05, 3.63) is 54.1 Å². The second-order valence-electron chi connectivity index (χ2n) is 8.88. The molecule has 0 spiro atoms. The number of carbonyl (C=O) groups is 1. The van der Waals surface area contributed by atoms with E-state index in [4.69, 9.17) is 9.97 Å². The Morgan fingerprint density at radius 1 is 1.17 bits per heavy atom. The van der Waals surface area contributed by atoms with Gasteiger partial charge in [-0.2, -0.15) is 4.98 Å².